The highest BCUT2D eigenvalue weighted by Gasteiger charge is 2.36. The third kappa shape index (κ3) is 2.53. The summed E-state index contributed by atoms with van der Waals surface area (Å²) in [5.41, 5.74) is 7.95. The van der Waals surface area contributed by atoms with Crippen molar-refractivity contribution in [1.82, 2.24) is 5.32 Å². The van der Waals surface area contributed by atoms with E-state index < -0.39 is 0 Å². The van der Waals surface area contributed by atoms with Crippen LogP contribution < -0.4 is 11.1 Å². The Labute approximate surface area is 133 Å². The molecule has 1 amide bonds. The summed E-state index contributed by atoms with van der Waals surface area (Å²) in [7, 11) is 0. The number of hydrogen-bond acceptors (Lipinski definition) is 4. The molecular weight excluding hydrogens is 300 g/mol. The molecule has 0 unspecified atom stereocenters. The highest BCUT2D eigenvalue weighted by molar-refractivity contribution is 8.00. The molecule has 1 saturated carbocycles. The lowest BCUT2D eigenvalue weighted by molar-refractivity contribution is 0.0949. The predicted molar refractivity (Wildman–Crippen MR) is 93.4 cm³/mol. The summed E-state index contributed by atoms with van der Waals surface area (Å²) in [6, 6.07) is 6.02. The first-order valence-corrected chi connectivity index (χ1v) is 9.21. The number of anilines is 1. The number of rotatable bonds is 4. The first-order valence-electron chi connectivity index (χ1n) is 7.17. The first kappa shape index (κ1) is 14.7. The van der Waals surface area contributed by atoms with E-state index in [2.05, 4.69) is 24.6 Å². The average Bonchev–Trinajstić information content (AvgIpc) is 2.77. The Morgan fingerprint density at radius 3 is 2.81 bits per heavy atom. The van der Waals surface area contributed by atoms with Crippen LogP contribution in [0.1, 0.15) is 34.5 Å². The molecule has 21 heavy (non-hydrogen) atoms. The molecule has 1 heterocycles. The molecule has 0 atom stereocenters. The van der Waals surface area contributed by atoms with Crippen molar-refractivity contribution in [1.29, 1.82) is 0 Å². The van der Waals surface area contributed by atoms with Crippen LogP contribution in [-0.4, -0.2) is 23.5 Å². The number of benzene rings is 1. The lowest BCUT2D eigenvalue weighted by Crippen LogP contribution is -2.45. The SMILES string of the molecule is CSC1(CNC(=O)c2sc3c(C)cccc3c2N)CCC1. The Morgan fingerprint density at radius 1 is 1.48 bits per heavy atom. The second-order valence-electron chi connectivity index (χ2n) is 5.72. The standard InChI is InChI=1S/C16H20N2OS2/c1-10-5-3-6-11-12(17)14(21-13(10)11)15(19)18-9-16(20-2)7-4-8-16/h3,5-6H,4,7-9,17H2,1-2H3,(H,18,19). The third-order valence-corrected chi connectivity index (χ3v) is 7.20. The molecule has 0 bridgehead atoms. The summed E-state index contributed by atoms with van der Waals surface area (Å²) in [5.74, 6) is -0.0339. The maximum absolute atomic E-state index is 12.5. The number of carbonyl (C=O) groups is 1. The quantitative estimate of drug-likeness (QED) is 0.901. The molecule has 1 aromatic heterocycles. The molecule has 0 saturated heterocycles. The molecule has 0 spiro atoms. The van der Waals surface area contributed by atoms with Crippen molar-refractivity contribution >= 4 is 44.8 Å². The highest BCUT2D eigenvalue weighted by Crippen LogP contribution is 2.42. The zero-order valence-electron chi connectivity index (χ0n) is 12.4. The molecule has 1 aromatic carbocycles. The number of amides is 1. The van der Waals surface area contributed by atoms with Crippen LogP contribution in [0.15, 0.2) is 18.2 Å². The number of hydrogen-bond donors (Lipinski definition) is 2. The Bertz CT molecular complexity index is 683. The zero-order chi connectivity index (χ0) is 15.0. The molecule has 1 fully saturated rings. The summed E-state index contributed by atoms with van der Waals surface area (Å²) >= 11 is 3.36. The Hall–Kier alpha value is -1.20. The second-order valence-corrected chi connectivity index (χ2v) is 8.01. The van der Waals surface area contributed by atoms with E-state index in [1.54, 1.807) is 0 Å². The number of nitrogens with two attached hydrogens (primary N) is 1. The summed E-state index contributed by atoms with van der Waals surface area (Å²) in [6.45, 7) is 2.79. The number of nitrogen functional groups attached to an aromatic ring is 1. The number of thioether (sulfide) groups is 1. The van der Waals surface area contributed by atoms with Crippen LogP contribution >= 0.6 is 23.1 Å². The third-order valence-electron chi connectivity index (χ3n) is 4.43. The van der Waals surface area contributed by atoms with Gasteiger partial charge in [0.2, 0.25) is 0 Å². The predicted octanol–water partition coefficient (Wildman–Crippen LogP) is 3.81. The van der Waals surface area contributed by atoms with E-state index in [0.29, 0.717) is 10.6 Å². The molecule has 112 valence electrons. The molecule has 0 aliphatic heterocycles. The van der Waals surface area contributed by atoms with E-state index in [4.69, 9.17) is 5.73 Å². The minimum absolute atomic E-state index is 0.0339. The summed E-state index contributed by atoms with van der Waals surface area (Å²) in [6.07, 6.45) is 5.77. The normalized spacial score (nSPS) is 16.7. The number of nitrogens with one attached hydrogen (secondary N) is 1. The van der Waals surface area contributed by atoms with Gasteiger partial charge in [-0.2, -0.15) is 11.8 Å². The fraction of sp³-hybridized carbons (Fsp3) is 0.438. The lowest BCUT2D eigenvalue weighted by Gasteiger charge is -2.40. The van der Waals surface area contributed by atoms with E-state index in [1.165, 1.54) is 36.2 Å². The minimum Gasteiger partial charge on any atom is -0.397 e. The van der Waals surface area contributed by atoms with Crippen molar-refractivity contribution in [3.63, 3.8) is 0 Å². The van der Waals surface area contributed by atoms with Crippen LogP contribution in [0, 0.1) is 6.92 Å². The van der Waals surface area contributed by atoms with E-state index in [9.17, 15) is 4.79 Å². The fourth-order valence-electron chi connectivity index (χ4n) is 2.79. The van der Waals surface area contributed by atoms with Crippen molar-refractivity contribution in [2.75, 3.05) is 18.5 Å². The molecule has 3 nitrogen and oxygen atoms in total. The van der Waals surface area contributed by atoms with Gasteiger partial charge >= 0.3 is 0 Å². The van der Waals surface area contributed by atoms with Gasteiger partial charge in [0.25, 0.3) is 5.91 Å². The number of aryl methyl sites for hydroxylation is 1. The Morgan fingerprint density at radius 2 is 2.24 bits per heavy atom. The topological polar surface area (TPSA) is 55.1 Å². The summed E-state index contributed by atoms with van der Waals surface area (Å²) < 4.78 is 1.36. The van der Waals surface area contributed by atoms with Gasteiger partial charge < -0.3 is 11.1 Å². The largest absolute Gasteiger partial charge is 0.397 e. The van der Waals surface area contributed by atoms with Gasteiger partial charge in [0.15, 0.2) is 0 Å². The maximum Gasteiger partial charge on any atom is 0.263 e. The molecule has 1 aliphatic rings. The van der Waals surface area contributed by atoms with Gasteiger partial charge in [0.05, 0.1) is 5.69 Å². The van der Waals surface area contributed by atoms with Crippen LogP contribution in [-0.2, 0) is 0 Å². The molecule has 0 radical (unpaired) electrons. The first-order chi connectivity index (χ1) is 10.1. The van der Waals surface area contributed by atoms with Crippen molar-refractivity contribution in [3.05, 3.63) is 28.6 Å². The fourth-order valence-corrected chi connectivity index (χ4v) is 4.81. The van der Waals surface area contributed by atoms with Gasteiger partial charge in [0, 0.05) is 21.4 Å². The van der Waals surface area contributed by atoms with Crippen LogP contribution in [0.5, 0.6) is 0 Å². The van der Waals surface area contributed by atoms with Gasteiger partial charge in [-0.05, 0) is 31.6 Å². The lowest BCUT2D eigenvalue weighted by atomic mass is 9.84. The van der Waals surface area contributed by atoms with Crippen LogP contribution in [0.2, 0.25) is 0 Å². The van der Waals surface area contributed by atoms with E-state index in [0.717, 1.165) is 16.6 Å². The molecule has 3 N–H and O–H groups in total. The molecule has 2 aromatic rings. The maximum atomic E-state index is 12.5. The van der Waals surface area contributed by atoms with E-state index >= 15 is 0 Å². The van der Waals surface area contributed by atoms with E-state index in [1.807, 2.05) is 23.9 Å². The van der Waals surface area contributed by atoms with Gasteiger partial charge in [0.1, 0.15) is 4.88 Å². The second kappa shape index (κ2) is 5.54. The number of fused-ring (bicyclic) bond motifs is 1. The van der Waals surface area contributed by atoms with Crippen LogP contribution in [0.4, 0.5) is 5.69 Å². The molecule has 1 aliphatic carbocycles. The van der Waals surface area contributed by atoms with Crippen molar-refractivity contribution in [3.8, 4) is 0 Å². The smallest absolute Gasteiger partial charge is 0.263 e. The number of thiophene rings is 1. The summed E-state index contributed by atoms with van der Waals surface area (Å²) in [4.78, 5) is 13.1. The van der Waals surface area contributed by atoms with Crippen molar-refractivity contribution < 1.29 is 4.79 Å². The van der Waals surface area contributed by atoms with Crippen LogP contribution in [0.3, 0.4) is 0 Å². The van der Waals surface area contributed by atoms with Crippen molar-refractivity contribution in [2.45, 2.75) is 30.9 Å². The van der Waals surface area contributed by atoms with Gasteiger partial charge in [-0.3, -0.25) is 4.79 Å². The van der Waals surface area contributed by atoms with E-state index in [-0.39, 0.29) is 10.7 Å². The molecule has 5 heteroatoms. The van der Waals surface area contributed by atoms with Gasteiger partial charge in [-0.25, -0.2) is 0 Å². The van der Waals surface area contributed by atoms with Crippen molar-refractivity contribution in [2.24, 2.45) is 0 Å². The minimum atomic E-state index is -0.0339. The Kier molecular flexibility index (Phi) is 3.88. The Balaban J connectivity index is 1.82. The zero-order valence-corrected chi connectivity index (χ0v) is 14.0. The highest BCUT2D eigenvalue weighted by atomic mass is 32.2. The molecule has 3 rings (SSSR count). The van der Waals surface area contributed by atoms with Gasteiger partial charge in [-0.15, -0.1) is 11.3 Å². The summed E-state index contributed by atoms with van der Waals surface area (Å²) in [5, 5.41) is 4.08. The number of carbonyl (C=O) groups excluding carboxylic acids is 1. The average molecular weight is 320 g/mol. The molecular formula is C16H20N2OS2. The monoisotopic (exact) mass is 320 g/mol. The van der Waals surface area contributed by atoms with Crippen LogP contribution in [0.25, 0.3) is 10.1 Å². The van der Waals surface area contributed by atoms with Gasteiger partial charge in [-0.1, -0.05) is 24.6 Å².